The minimum atomic E-state index is -0.747. The summed E-state index contributed by atoms with van der Waals surface area (Å²) in [6, 6.07) is 5.38. The van der Waals surface area contributed by atoms with Crippen LogP contribution in [0.25, 0.3) is 17.0 Å². The Kier molecular flexibility index (Phi) is 9.06. The van der Waals surface area contributed by atoms with Gasteiger partial charge in [0.2, 0.25) is 0 Å². The van der Waals surface area contributed by atoms with Gasteiger partial charge >= 0.3 is 5.97 Å². The second-order valence-corrected chi connectivity index (χ2v) is 10.0. The quantitative estimate of drug-likeness (QED) is 0.219. The molecule has 40 heavy (non-hydrogen) atoms. The highest BCUT2D eigenvalue weighted by atomic mass is 35.5. The molecular formula is C28H33ClFN7O3. The molecule has 0 fully saturated rings. The van der Waals surface area contributed by atoms with Gasteiger partial charge in [-0.1, -0.05) is 25.4 Å². The van der Waals surface area contributed by atoms with Gasteiger partial charge in [-0.25, -0.2) is 9.37 Å². The van der Waals surface area contributed by atoms with E-state index in [1.54, 1.807) is 36.3 Å². The molecule has 2 bridgehead atoms. The Morgan fingerprint density at radius 3 is 2.85 bits per heavy atom. The van der Waals surface area contributed by atoms with Gasteiger partial charge in [-0.3, -0.25) is 14.5 Å². The van der Waals surface area contributed by atoms with Crippen molar-refractivity contribution in [1.82, 2.24) is 14.8 Å². The van der Waals surface area contributed by atoms with E-state index in [2.05, 4.69) is 20.4 Å². The molecule has 10 nitrogen and oxygen atoms in total. The van der Waals surface area contributed by atoms with Crippen molar-refractivity contribution in [3.8, 4) is 17.0 Å². The summed E-state index contributed by atoms with van der Waals surface area (Å²) in [5.74, 6) is -0.365. The lowest BCUT2D eigenvalue weighted by molar-refractivity contribution is -0.145. The number of aryl methyl sites for hydroxylation is 1. The first-order chi connectivity index (χ1) is 19.1. The van der Waals surface area contributed by atoms with Crippen LogP contribution in [-0.4, -0.2) is 46.8 Å². The number of rotatable bonds is 7. The van der Waals surface area contributed by atoms with Crippen LogP contribution < -0.4 is 21.5 Å². The molecule has 1 aromatic carbocycles. The number of aromatic nitrogens is 3. The van der Waals surface area contributed by atoms with E-state index in [1.165, 1.54) is 12.1 Å². The maximum atomic E-state index is 14.3. The lowest BCUT2D eigenvalue weighted by Gasteiger charge is -2.19. The van der Waals surface area contributed by atoms with Crippen molar-refractivity contribution in [2.45, 2.75) is 46.4 Å². The molecule has 0 amide bonds. The first-order valence-corrected chi connectivity index (χ1v) is 13.3. The molecule has 212 valence electrons. The Labute approximate surface area is 237 Å². The van der Waals surface area contributed by atoms with Crippen LogP contribution in [0.1, 0.15) is 37.5 Å². The topological polar surface area (TPSA) is 143 Å². The highest BCUT2D eigenvalue weighted by Gasteiger charge is 2.24. The number of carbonyl (C=O) groups excluding carboxylic acids is 1. The number of allylic oxidation sites excluding steroid dienone is 1. The van der Waals surface area contributed by atoms with Crippen LogP contribution in [0.5, 0.6) is 5.75 Å². The summed E-state index contributed by atoms with van der Waals surface area (Å²) in [6.45, 7) is 6.00. The summed E-state index contributed by atoms with van der Waals surface area (Å²) < 4.78 is 27.6. The summed E-state index contributed by atoms with van der Waals surface area (Å²) in [6.07, 6.45) is 3.65. The van der Waals surface area contributed by atoms with Gasteiger partial charge in [-0.2, -0.15) is 5.10 Å². The molecule has 0 radical (unpaired) electrons. The molecule has 4 rings (SSSR count). The Morgan fingerprint density at radius 1 is 1.38 bits per heavy atom. The fourth-order valence-corrected chi connectivity index (χ4v) is 4.62. The van der Waals surface area contributed by atoms with E-state index in [9.17, 15) is 9.18 Å². The number of hydrogen-bond acceptors (Lipinski definition) is 9. The average Bonchev–Trinajstić information content (AvgIpc) is 3.25. The number of halogens is 2. The molecule has 3 heterocycles. The third-order valence-corrected chi connectivity index (χ3v) is 6.91. The highest BCUT2D eigenvalue weighted by molar-refractivity contribution is 6.30. The first-order valence-electron chi connectivity index (χ1n) is 12.9. The Hall–Kier alpha value is -3.96. The summed E-state index contributed by atoms with van der Waals surface area (Å²) >= 11 is 6.64. The number of carbonyl (C=O) groups is 1. The minimum Gasteiger partial charge on any atom is -0.485 e. The maximum Gasteiger partial charge on any atom is 0.324 e. The molecule has 1 aliphatic heterocycles. The van der Waals surface area contributed by atoms with Crippen LogP contribution in [0.4, 0.5) is 10.2 Å². The van der Waals surface area contributed by atoms with Crippen LogP contribution in [0.15, 0.2) is 41.0 Å². The number of aliphatic imine (C=N–C) groups is 1. The number of hydrogen-bond donors (Lipinski definition) is 3. The van der Waals surface area contributed by atoms with Gasteiger partial charge in [-0.15, -0.1) is 0 Å². The number of pyridine rings is 1. The Bertz CT molecular complexity index is 1470. The van der Waals surface area contributed by atoms with Gasteiger partial charge in [0.05, 0.1) is 5.69 Å². The number of benzene rings is 1. The SMILES string of the molecule is CCn1nc(Cl)c2c1-c1cnc(NCOC(=O)C(N)C(C)C)c(c1)OCc1cc(F)ccc1/C(N)=C(/C=NC)C2. The molecular weight excluding hydrogens is 537 g/mol. The number of nitrogens with two attached hydrogens (primary N) is 2. The van der Waals surface area contributed by atoms with Crippen LogP contribution in [0, 0.1) is 11.7 Å². The highest BCUT2D eigenvalue weighted by Crippen LogP contribution is 2.36. The van der Waals surface area contributed by atoms with Crippen molar-refractivity contribution in [2.24, 2.45) is 22.4 Å². The van der Waals surface area contributed by atoms with Crippen molar-refractivity contribution in [3.05, 3.63) is 63.7 Å². The van der Waals surface area contributed by atoms with E-state index >= 15 is 0 Å². The van der Waals surface area contributed by atoms with Gasteiger partial charge in [0.1, 0.15) is 18.5 Å². The molecule has 1 atom stereocenters. The van der Waals surface area contributed by atoms with Crippen LogP contribution >= 0.6 is 11.6 Å². The van der Waals surface area contributed by atoms with Crippen molar-refractivity contribution in [1.29, 1.82) is 0 Å². The number of ether oxygens (including phenoxy) is 2. The van der Waals surface area contributed by atoms with E-state index < -0.39 is 17.8 Å². The lowest BCUT2D eigenvalue weighted by Crippen LogP contribution is -2.37. The zero-order valence-electron chi connectivity index (χ0n) is 22.9. The predicted octanol–water partition coefficient (Wildman–Crippen LogP) is 4.16. The molecule has 12 heteroatoms. The second kappa shape index (κ2) is 12.5. The van der Waals surface area contributed by atoms with Gasteiger partial charge in [0.25, 0.3) is 0 Å². The van der Waals surface area contributed by atoms with E-state index in [-0.39, 0.29) is 19.3 Å². The Morgan fingerprint density at radius 2 is 2.15 bits per heavy atom. The second-order valence-electron chi connectivity index (χ2n) is 9.65. The van der Waals surface area contributed by atoms with Gasteiger partial charge in [0.15, 0.2) is 23.5 Å². The van der Waals surface area contributed by atoms with E-state index in [0.717, 1.165) is 11.3 Å². The molecule has 0 spiro atoms. The van der Waals surface area contributed by atoms with Crippen molar-refractivity contribution in [3.63, 3.8) is 0 Å². The standard InChI is InChI=1S/C28H33ClFN7O3/c1-5-37-25-17-10-22(27(34-12-17)35-14-40-28(38)23(31)15(2)3)39-13-18-8-19(30)6-7-20(18)24(32)16(11-33-4)9-21(25)26(29)36-37/h6-8,10-12,15,23H,5,9,13-14,31-32H2,1-4H3,(H,34,35)/b24-16-,33-11?. The fourth-order valence-electron chi connectivity index (χ4n) is 4.37. The smallest absolute Gasteiger partial charge is 0.324 e. The summed E-state index contributed by atoms with van der Waals surface area (Å²) in [4.78, 5) is 21.0. The number of nitrogens with one attached hydrogen (secondary N) is 1. The van der Waals surface area contributed by atoms with Gasteiger partial charge in [0, 0.05) is 60.4 Å². The van der Waals surface area contributed by atoms with Crippen molar-refractivity contribution in [2.75, 3.05) is 19.1 Å². The fraction of sp³-hybridized carbons (Fsp3) is 0.357. The molecule has 0 aliphatic carbocycles. The number of anilines is 1. The minimum absolute atomic E-state index is 0.0111. The van der Waals surface area contributed by atoms with Gasteiger partial charge in [-0.05, 0) is 42.7 Å². The zero-order chi connectivity index (χ0) is 29.0. The molecule has 0 saturated carbocycles. The molecule has 0 saturated heterocycles. The Balaban J connectivity index is 1.82. The van der Waals surface area contributed by atoms with Gasteiger partial charge < -0.3 is 26.3 Å². The largest absolute Gasteiger partial charge is 0.485 e. The third kappa shape index (κ3) is 6.10. The van der Waals surface area contributed by atoms with Crippen molar-refractivity contribution >= 4 is 35.3 Å². The predicted molar refractivity (Wildman–Crippen MR) is 153 cm³/mol. The van der Waals surface area contributed by atoms with Crippen LogP contribution in [0.2, 0.25) is 5.15 Å². The number of fused-ring (bicyclic) bond motifs is 5. The first kappa shape index (κ1) is 29.0. The van der Waals surface area contributed by atoms with Crippen LogP contribution in [0.3, 0.4) is 0 Å². The van der Waals surface area contributed by atoms with Crippen LogP contribution in [-0.2, 0) is 29.1 Å². The average molecular weight is 570 g/mol. The summed E-state index contributed by atoms with van der Waals surface area (Å²) in [7, 11) is 1.65. The van der Waals surface area contributed by atoms with Crippen molar-refractivity contribution < 1.29 is 18.7 Å². The lowest BCUT2D eigenvalue weighted by atomic mass is 9.96. The molecule has 3 aromatic rings. The summed E-state index contributed by atoms with van der Waals surface area (Å²) in [5.41, 5.74) is 17.0. The monoisotopic (exact) mass is 569 g/mol. The molecule has 1 aliphatic rings. The zero-order valence-corrected chi connectivity index (χ0v) is 23.6. The third-order valence-electron chi connectivity index (χ3n) is 6.61. The van der Waals surface area contributed by atoms with E-state index in [4.69, 9.17) is 32.5 Å². The molecule has 5 N–H and O–H groups in total. The maximum absolute atomic E-state index is 14.3. The van der Waals surface area contributed by atoms with E-state index in [1.807, 2.05) is 20.8 Å². The summed E-state index contributed by atoms with van der Waals surface area (Å²) in [5, 5.41) is 7.82. The normalized spacial score (nSPS) is 16.0. The number of nitrogens with zero attached hydrogens (tertiary/aromatic N) is 4. The molecule has 2 aromatic heterocycles. The molecule has 1 unspecified atom stereocenters. The number of esters is 1. The van der Waals surface area contributed by atoms with E-state index in [0.29, 0.717) is 57.6 Å².